The fourth-order valence-electron chi connectivity index (χ4n) is 1.59. The van der Waals surface area contributed by atoms with Crippen LogP contribution < -0.4 is 5.73 Å². The SMILES string of the molecule is C=CC1(N)CCCCCC1.CC.CC. The van der Waals surface area contributed by atoms with Crippen LogP contribution in [0.15, 0.2) is 12.7 Å². The second-order valence-electron chi connectivity index (χ2n) is 3.35. The first-order valence-electron chi connectivity index (χ1n) is 6.19. The zero-order chi connectivity index (χ0) is 11.4. The molecule has 0 atom stereocenters. The molecule has 14 heavy (non-hydrogen) atoms. The molecule has 0 aromatic carbocycles. The Morgan fingerprint density at radius 1 is 0.929 bits per heavy atom. The maximum Gasteiger partial charge on any atom is 0.0336 e. The van der Waals surface area contributed by atoms with E-state index >= 15 is 0 Å². The van der Waals surface area contributed by atoms with Gasteiger partial charge in [-0.05, 0) is 12.8 Å². The molecule has 0 heterocycles. The van der Waals surface area contributed by atoms with Gasteiger partial charge in [-0.1, -0.05) is 59.5 Å². The lowest BCUT2D eigenvalue weighted by atomic mass is 9.92. The van der Waals surface area contributed by atoms with Gasteiger partial charge in [0.25, 0.3) is 0 Å². The third-order valence-corrected chi connectivity index (χ3v) is 2.44. The third-order valence-electron chi connectivity index (χ3n) is 2.44. The summed E-state index contributed by atoms with van der Waals surface area (Å²) >= 11 is 0. The van der Waals surface area contributed by atoms with Crippen molar-refractivity contribution in [3.8, 4) is 0 Å². The van der Waals surface area contributed by atoms with E-state index in [9.17, 15) is 0 Å². The number of hydrogen-bond donors (Lipinski definition) is 1. The van der Waals surface area contributed by atoms with E-state index in [-0.39, 0.29) is 5.54 Å². The second kappa shape index (κ2) is 10.8. The molecule has 0 aromatic heterocycles. The summed E-state index contributed by atoms with van der Waals surface area (Å²) in [4.78, 5) is 0. The lowest BCUT2D eigenvalue weighted by Gasteiger charge is -2.22. The molecule has 0 spiro atoms. The number of hydrogen-bond acceptors (Lipinski definition) is 1. The minimum absolute atomic E-state index is 0.0312. The molecule has 1 heteroatoms. The van der Waals surface area contributed by atoms with E-state index in [2.05, 4.69) is 6.58 Å². The summed E-state index contributed by atoms with van der Waals surface area (Å²) in [5.74, 6) is 0. The molecule has 0 aliphatic heterocycles. The van der Waals surface area contributed by atoms with Crippen molar-refractivity contribution >= 4 is 0 Å². The van der Waals surface area contributed by atoms with E-state index in [0.717, 1.165) is 12.8 Å². The molecule has 1 saturated carbocycles. The predicted octanol–water partition coefficient (Wildman–Crippen LogP) is 4.28. The van der Waals surface area contributed by atoms with Crippen LogP contribution in [0.2, 0.25) is 0 Å². The van der Waals surface area contributed by atoms with Gasteiger partial charge >= 0.3 is 0 Å². The topological polar surface area (TPSA) is 26.0 Å². The second-order valence-corrected chi connectivity index (χ2v) is 3.35. The summed E-state index contributed by atoms with van der Waals surface area (Å²) in [6, 6.07) is 0. The third kappa shape index (κ3) is 7.14. The zero-order valence-electron chi connectivity index (χ0n) is 10.6. The van der Waals surface area contributed by atoms with Crippen molar-refractivity contribution in [3.05, 3.63) is 12.7 Å². The van der Waals surface area contributed by atoms with Gasteiger partial charge in [-0.25, -0.2) is 0 Å². The molecule has 0 amide bonds. The van der Waals surface area contributed by atoms with Crippen molar-refractivity contribution in [3.63, 3.8) is 0 Å². The summed E-state index contributed by atoms with van der Waals surface area (Å²) in [5.41, 5.74) is 6.01. The highest BCUT2D eigenvalue weighted by Gasteiger charge is 2.21. The fourth-order valence-corrected chi connectivity index (χ4v) is 1.59. The molecule has 2 N–H and O–H groups in total. The van der Waals surface area contributed by atoms with Gasteiger partial charge in [0, 0.05) is 5.54 Å². The Kier molecular flexibility index (Phi) is 12.4. The lowest BCUT2D eigenvalue weighted by molar-refractivity contribution is 0.461. The van der Waals surface area contributed by atoms with Gasteiger partial charge in [0.1, 0.15) is 0 Å². The molecule has 0 saturated heterocycles. The van der Waals surface area contributed by atoms with E-state index in [1.165, 1.54) is 25.7 Å². The Bertz CT molecular complexity index is 110. The van der Waals surface area contributed by atoms with Crippen LogP contribution in [0.4, 0.5) is 0 Å². The molecule has 0 unspecified atom stereocenters. The van der Waals surface area contributed by atoms with Crippen molar-refractivity contribution in [2.45, 2.75) is 71.8 Å². The first-order valence-corrected chi connectivity index (χ1v) is 6.19. The van der Waals surface area contributed by atoms with Crippen LogP contribution in [0.1, 0.15) is 66.2 Å². The normalized spacial score (nSPS) is 18.9. The molecule has 86 valence electrons. The van der Waals surface area contributed by atoms with Crippen molar-refractivity contribution in [2.24, 2.45) is 5.73 Å². The quantitative estimate of drug-likeness (QED) is 0.495. The van der Waals surface area contributed by atoms with Gasteiger partial charge in [0.15, 0.2) is 0 Å². The van der Waals surface area contributed by atoms with E-state index < -0.39 is 0 Å². The number of rotatable bonds is 1. The largest absolute Gasteiger partial charge is 0.322 e. The van der Waals surface area contributed by atoms with E-state index in [1.807, 2.05) is 33.8 Å². The molecule has 1 nitrogen and oxygen atoms in total. The first kappa shape index (κ1) is 16.1. The number of nitrogens with two attached hydrogens (primary N) is 1. The molecule has 0 aromatic rings. The van der Waals surface area contributed by atoms with Gasteiger partial charge in [-0.2, -0.15) is 0 Å². The van der Waals surface area contributed by atoms with Crippen LogP contribution in [0, 0.1) is 0 Å². The van der Waals surface area contributed by atoms with Gasteiger partial charge in [0.05, 0.1) is 0 Å². The highest BCUT2D eigenvalue weighted by atomic mass is 14.7. The Hall–Kier alpha value is -0.300. The van der Waals surface area contributed by atoms with Crippen LogP contribution >= 0.6 is 0 Å². The summed E-state index contributed by atoms with van der Waals surface area (Å²) in [6.07, 6.45) is 9.47. The Morgan fingerprint density at radius 2 is 1.29 bits per heavy atom. The standard InChI is InChI=1S/C9H17N.2C2H6/c1-2-9(10)7-5-3-4-6-8-9;2*1-2/h2H,1,3-8,10H2;2*1-2H3. The lowest BCUT2D eigenvalue weighted by Crippen LogP contribution is -2.36. The fraction of sp³-hybridized carbons (Fsp3) is 0.846. The average Bonchev–Trinajstić information content (AvgIpc) is 2.50. The van der Waals surface area contributed by atoms with Crippen LogP contribution in [0.25, 0.3) is 0 Å². The van der Waals surface area contributed by atoms with Crippen LogP contribution in [0.3, 0.4) is 0 Å². The van der Waals surface area contributed by atoms with Crippen LogP contribution in [-0.2, 0) is 0 Å². The van der Waals surface area contributed by atoms with Crippen molar-refractivity contribution in [1.82, 2.24) is 0 Å². The summed E-state index contributed by atoms with van der Waals surface area (Å²) in [5, 5.41) is 0. The average molecular weight is 199 g/mol. The van der Waals surface area contributed by atoms with Gasteiger partial charge < -0.3 is 5.73 Å². The zero-order valence-corrected chi connectivity index (χ0v) is 10.6. The highest BCUT2D eigenvalue weighted by Crippen LogP contribution is 2.25. The molecular weight excluding hydrogens is 170 g/mol. The van der Waals surface area contributed by atoms with Gasteiger partial charge in [-0.15, -0.1) is 6.58 Å². The van der Waals surface area contributed by atoms with Crippen molar-refractivity contribution < 1.29 is 0 Å². The van der Waals surface area contributed by atoms with Crippen LogP contribution in [-0.4, -0.2) is 5.54 Å². The monoisotopic (exact) mass is 199 g/mol. The Morgan fingerprint density at radius 3 is 1.57 bits per heavy atom. The molecule has 1 aliphatic carbocycles. The molecule has 1 fully saturated rings. The smallest absolute Gasteiger partial charge is 0.0336 e. The van der Waals surface area contributed by atoms with Crippen molar-refractivity contribution in [2.75, 3.05) is 0 Å². The summed E-state index contributed by atoms with van der Waals surface area (Å²) < 4.78 is 0. The Labute approximate surface area is 90.8 Å². The van der Waals surface area contributed by atoms with E-state index in [1.54, 1.807) is 0 Å². The Balaban J connectivity index is 0. The summed E-state index contributed by atoms with van der Waals surface area (Å²) in [6.45, 7) is 11.8. The minimum Gasteiger partial charge on any atom is -0.322 e. The minimum atomic E-state index is -0.0312. The van der Waals surface area contributed by atoms with E-state index in [0.29, 0.717) is 0 Å². The van der Waals surface area contributed by atoms with Crippen LogP contribution in [0.5, 0.6) is 0 Å². The first-order chi connectivity index (χ1) is 6.77. The predicted molar refractivity (Wildman–Crippen MR) is 67.5 cm³/mol. The van der Waals surface area contributed by atoms with Gasteiger partial charge in [0.2, 0.25) is 0 Å². The maximum absolute atomic E-state index is 6.04. The highest BCUT2D eigenvalue weighted by molar-refractivity contribution is 5.00. The maximum atomic E-state index is 6.04. The summed E-state index contributed by atoms with van der Waals surface area (Å²) in [7, 11) is 0. The molecule has 0 radical (unpaired) electrons. The molecular formula is C13H29N. The van der Waals surface area contributed by atoms with Gasteiger partial charge in [-0.3, -0.25) is 0 Å². The van der Waals surface area contributed by atoms with Crippen molar-refractivity contribution in [1.29, 1.82) is 0 Å². The van der Waals surface area contributed by atoms with E-state index in [4.69, 9.17) is 5.73 Å². The molecule has 0 bridgehead atoms. The molecule has 1 aliphatic rings. The molecule has 1 rings (SSSR count).